The molecule has 1 aromatic rings. The van der Waals surface area contributed by atoms with Crippen LogP contribution in [0.25, 0.3) is 0 Å². The second kappa shape index (κ2) is 4.96. The molecule has 0 aliphatic heterocycles. The molecule has 0 bridgehead atoms. The van der Waals surface area contributed by atoms with E-state index in [4.69, 9.17) is 10.5 Å². The predicted octanol–water partition coefficient (Wildman–Crippen LogP) is 2.63. The van der Waals surface area contributed by atoms with Crippen LogP contribution in [-0.2, 0) is 0 Å². The molecule has 0 aromatic heterocycles. The van der Waals surface area contributed by atoms with Crippen LogP contribution in [0.5, 0.6) is 5.75 Å². The molecule has 14 heavy (non-hydrogen) atoms. The summed E-state index contributed by atoms with van der Waals surface area (Å²) < 4.78 is 18.1. The van der Waals surface area contributed by atoms with Crippen molar-refractivity contribution in [1.82, 2.24) is 0 Å². The van der Waals surface area contributed by atoms with Crippen LogP contribution in [0.2, 0.25) is 0 Å². The molecule has 0 aliphatic carbocycles. The molecule has 78 valence electrons. The number of hydrogen-bond acceptors (Lipinski definition) is 2. The number of hydrogen-bond donors (Lipinski definition) is 1. The van der Waals surface area contributed by atoms with E-state index in [1.165, 1.54) is 12.1 Å². The highest BCUT2D eigenvalue weighted by Gasteiger charge is 2.11. The zero-order valence-corrected chi connectivity index (χ0v) is 8.59. The molecule has 0 fully saturated rings. The summed E-state index contributed by atoms with van der Waals surface area (Å²) in [4.78, 5) is 0. The lowest BCUT2D eigenvalue weighted by Crippen LogP contribution is -2.11. The van der Waals surface area contributed by atoms with Crippen molar-refractivity contribution in [2.45, 2.75) is 25.8 Å². The highest BCUT2D eigenvalue weighted by molar-refractivity contribution is 5.36. The molecular weight excluding hydrogens is 181 g/mol. The van der Waals surface area contributed by atoms with E-state index < -0.39 is 0 Å². The minimum atomic E-state index is -0.271. The molecule has 0 saturated heterocycles. The fourth-order valence-corrected chi connectivity index (χ4v) is 1.46. The minimum absolute atomic E-state index is 0.148. The first-order chi connectivity index (χ1) is 6.69. The number of nitrogens with two attached hydrogens (primary N) is 1. The Morgan fingerprint density at radius 2 is 2.21 bits per heavy atom. The number of halogens is 1. The van der Waals surface area contributed by atoms with Gasteiger partial charge in [0.15, 0.2) is 0 Å². The average molecular weight is 197 g/mol. The molecule has 0 aliphatic rings. The van der Waals surface area contributed by atoms with Crippen LogP contribution < -0.4 is 10.5 Å². The van der Waals surface area contributed by atoms with Gasteiger partial charge in [-0.05, 0) is 24.6 Å². The summed E-state index contributed by atoms with van der Waals surface area (Å²) in [7, 11) is 1.56. The van der Waals surface area contributed by atoms with Crippen molar-refractivity contribution >= 4 is 0 Å². The maximum atomic E-state index is 13.0. The van der Waals surface area contributed by atoms with Crippen LogP contribution in [0.4, 0.5) is 4.39 Å². The molecule has 1 rings (SSSR count). The van der Waals surface area contributed by atoms with Crippen molar-refractivity contribution in [1.29, 1.82) is 0 Å². The summed E-state index contributed by atoms with van der Waals surface area (Å²) in [6, 6.07) is 4.28. The summed E-state index contributed by atoms with van der Waals surface area (Å²) in [5.74, 6) is 0.389. The number of benzene rings is 1. The van der Waals surface area contributed by atoms with Gasteiger partial charge < -0.3 is 10.5 Å². The Labute approximate surface area is 83.9 Å². The maximum Gasteiger partial charge on any atom is 0.123 e. The van der Waals surface area contributed by atoms with Crippen molar-refractivity contribution in [3.05, 3.63) is 29.6 Å². The van der Waals surface area contributed by atoms with Gasteiger partial charge in [-0.3, -0.25) is 0 Å². The standard InChI is InChI=1S/C11H16FNO/c1-3-4-10(13)9-7-8(12)5-6-11(9)14-2/h5-7,10H,3-4,13H2,1-2H3/t10-/m0/s1. The molecule has 1 atom stereocenters. The Morgan fingerprint density at radius 3 is 2.79 bits per heavy atom. The van der Waals surface area contributed by atoms with Crippen LogP contribution >= 0.6 is 0 Å². The lowest BCUT2D eigenvalue weighted by molar-refractivity contribution is 0.402. The lowest BCUT2D eigenvalue weighted by Gasteiger charge is -2.14. The van der Waals surface area contributed by atoms with Gasteiger partial charge in [-0.15, -0.1) is 0 Å². The van der Waals surface area contributed by atoms with E-state index in [2.05, 4.69) is 0 Å². The van der Waals surface area contributed by atoms with E-state index in [0.29, 0.717) is 5.75 Å². The van der Waals surface area contributed by atoms with Gasteiger partial charge >= 0.3 is 0 Å². The lowest BCUT2D eigenvalue weighted by atomic mass is 10.0. The van der Waals surface area contributed by atoms with Gasteiger partial charge in [0.05, 0.1) is 7.11 Å². The van der Waals surface area contributed by atoms with Gasteiger partial charge in [0.2, 0.25) is 0 Å². The summed E-state index contributed by atoms with van der Waals surface area (Å²) >= 11 is 0. The fourth-order valence-electron chi connectivity index (χ4n) is 1.46. The third-order valence-corrected chi connectivity index (χ3v) is 2.19. The molecule has 0 unspecified atom stereocenters. The molecule has 0 spiro atoms. The molecule has 2 nitrogen and oxygen atoms in total. The van der Waals surface area contributed by atoms with Gasteiger partial charge in [0, 0.05) is 11.6 Å². The summed E-state index contributed by atoms with van der Waals surface area (Å²) in [5.41, 5.74) is 6.65. The van der Waals surface area contributed by atoms with Crippen molar-refractivity contribution in [2.24, 2.45) is 5.73 Å². The molecule has 2 N–H and O–H groups in total. The zero-order valence-electron chi connectivity index (χ0n) is 8.59. The third kappa shape index (κ3) is 2.45. The van der Waals surface area contributed by atoms with Crippen LogP contribution in [0.3, 0.4) is 0 Å². The largest absolute Gasteiger partial charge is 0.496 e. The second-order valence-electron chi connectivity index (χ2n) is 3.28. The van der Waals surface area contributed by atoms with Crippen molar-refractivity contribution in [3.8, 4) is 5.75 Å². The fraction of sp³-hybridized carbons (Fsp3) is 0.455. The van der Waals surface area contributed by atoms with E-state index in [9.17, 15) is 4.39 Å². The van der Waals surface area contributed by atoms with Crippen molar-refractivity contribution in [3.63, 3.8) is 0 Å². The number of ether oxygens (including phenoxy) is 1. The van der Waals surface area contributed by atoms with E-state index >= 15 is 0 Å². The molecule has 0 radical (unpaired) electrons. The van der Waals surface area contributed by atoms with Crippen LogP contribution in [0, 0.1) is 5.82 Å². The van der Waals surface area contributed by atoms with Gasteiger partial charge in [-0.2, -0.15) is 0 Å². The number of methoxy groups -OCH3 is 1. The Morgan fingerprint density at radius 1 is 1.50 bits per heavy atom. The monoisotopic (exact) mass is 197 g/mol. The Hall–Kier alpha value is -1.09. The molecular formula is C11H16FNO. The van der Waals surface area contributed by atoms with Crippen molar-refractivity contribution in [2.75, 3.05) is 7.11 Å². The second-order valence-corrected chi connectivity index (χ2v) is 3.28. The first kappa shape index (κ1) is 11.0. The first-order valence-corrected chi connectivity index (χ1v) is 4.78. The predicted molar refractivity (Wildman–Crippen MR) is 54.8 cm³/mol. The normalized spacial score (nSPS) is 12.6. The van der Waals surface area contributed by atoms with E-state index in [1.54, 1.807) is 13.2 Å². The highest BCUT2D eigenvalue weighted by atomic mass is 19.1. The van der Waals surface area contributed by atoms with Crippen LogP contribution in [-0.4, -0.2) is 7.11 Å². The average Bonchev–Trinajstić information content (AvgIpc) is 2.18. The molecule has 0 amide bonds. The summed E-state index contributed by atoms with van der Waals surface area (Å²) in [5, 5.41) is 0. The van der Waals surface area contributed by atoms with E-state index in [0.717, 1.165) is 18.4 Å². The Balaban J connectivity index is 2.97. The quantitative estimate of drug-likeness (QED) is 0.805. The highest BCUT2D eigenvalue weighted by Crippen LogP contribution is 2.26. The summed E-state index contributed by atoms with van der Waals surface area (Å²) in [6.07, 6.45) is 1.81. The van der Waals surface area contributed by atoms with Gasteiger partial charge in [0.25, 0.3) is 0 Å². The van der Waals surface area contributed by atoms with Gasteiger partial charge in [0.1, 0.15) is 11.6 Å². The minimum Gasteiger partial charge on any atom is -0.496 e. The molecule has 3 heteroatoms. The SMILES string of the molecule is CCC[C@H](N)c1cc(F)ccc1OC. The van der Waals surface area contributed by atoms with Crippen LogP contribution in [0.15, 0.2) is 18.2 Å². The summed E-state index contributed by atoms with van der Waals surface area (Å²) in [6.45, 7) is 2.05. The van der Waals surface area contributed by atoms with Gasteiger partial charge in [-0.1, -0.05) is 13.3 Å². The Kier molecular flexibility index (Phi) is 3.89. The van der Waals surface area contributed by atoms with E-state index in [-0.39, 0.29) is 11.9 Å². The topological polar surface area (TPSA) is 35.2 Å². The molecule has 0 heterocycles. The smallest absolute Gasteiger partial charge is 0.123 e. The maximum absolute atomic E-state index is 13.0. The Bertz CT molecular complexity index is 301. The van der Waals surface area contributed by atoms with Crippen LogP contribution in [0.1, 0.15) is 31.4 Å². The molecule has 1 aromatic carbocycles. The van der Waals surface area contributed by atoms with Crippen molar-refractivity contribution < 1.29 is 9.13 Å². The third-order valence-electron chi connectivity index (χ3n) is 2.19. The van der Waals surface area contributed by atoms with Gasteiger partial charge in [-0.25, -0.2) is 4.39 Å². The first-order valence-electron chi connectivity index (χ1n) is 4.78. The zero-order chi connectivity index (χ0) is 10.6. The molecule has 0 saturated carbocycles. The van der Waals surface area contributed by atoms with E-state index in [1.807, 2.05) is 6.92 Å². The number of rotatable bonds is 4.